The van der Waals surface area contributed by atoms with Gasteiger partial charge in [0.15, 0.2) is 0 Å². The van der Waals surface area contributed by atoms with Crippen LogP contribution >= 0.6 is 11.3 Å². The lowest BCUT2D eigenvalue weighted by molar-refractivity contribution is 0.993. The van der Waals surface area contributed by atoms with Crippen molar-refractivity contribution in [1.29, 1.82) is 0 Å². The molecule has 0 spiro atoms. The first-order valence-corrected chi connectivity index (χ1v) is 17.0. The molecule has 224 valence electrons. The normalized spacial score (nSPS) is 11.8. The summed E-state index contributed by atoms with van der Waals surface area (Å²) in [6.45, 7) is 0. The van der Waals surface area contributed by atoms with Gasteiger partial charge in [0.2, 0.25) is 5.95 Å². The van der Waals surface area contributed by atoms with Gasteiger partial charge in [0.1, 0.15) is 0 Å². The predicted octanol–water partition coefficient (Wildman–Crippen LogP) is 12.1. The van der Waals surface area contributed by atoms with E-state index < -0.39 is 0 Å². The fraction of sp³-hybridized carbons (Fsp3) is 0. The summed E-state index contributed by atoms with van der Waals surface area (Å²) >= 11 is 1.85. The van der Waals surface area contributed by atoms with E-state index in [-0.39, 0.29) is 0 Å². The van der Waals surface area contributed by atoms with E-state index in [1.54, 1.807) is 0 Å². The van der Waals surface area contributed by atoms with Crippen molar-refractivity contribution in [2.45, 2.75) is 0 Å². The molecule has 48 heavy (non-hydrogen) atoms. The molecule has 0 aliphatic carbocycles. The van der Waals surface area contributed by atoms with Crippen molar-refractivity contribution >= 4 is 64.1 Å². The third-order valence-electron chi connectivity index (χ3n) is 9.48. The highest BCUT2D eigenvalue weighted by Gasteiger charge is 2.20. The van der Waals surface area contributed by atoms with Crippen molar-refractivity contribution in [1.82, 2.24) is 14.5 Å². The molecule has 0 bridgehead atoms. The fourth-order valence-corrected chi connectivity index (χ4v) is 8.49. The number of para-hydroxylation sites is 1. The van der Waals surface area contributed by atoms with Crippen molar-refractivity contribution in [3.63, 3.8) is 0 Å². The van der Waals surface area contributed by atoms with Crippen LogP contribution < -0.4 is 0 Å². The lowest BCUT2D eigenvalue weighted by Gasteiger charge is -2.12. The molecule has 4 heteroatoms. The number of aromatic nitrogens is 3. The molecule has 3 nitrogen and oxygen atoms in total. The van der Waals surface area contributed by atoms with Crippen molar-refractivity contribution < 1.29 is 0 Å². The van der Waals surface area contributed by atoms with Crippen LogP contribution in [0, 0.1) is 0 Å². The Morgan fingerprint density at radius 1 is 0.438 bits per heavy atom. The summed E-state index contributed by atoms with van der Waals surface area (Å²) in [6.07, 6.45) is 3.95. The molecular weight excluding hydrogens is 603 g/mol. The molecule has 0 atom stereocenters. The van der Waals surface area contributed by atoms with Crippen LogP contribution in [-0.4, -0.2) is 14.5 Å². The zero-order valence-electron chi connectivity index (χ0n) is 25.8. The number of rotatable bonds is 4. The molecule has 0 aliphatic heterocycles. The number of fused-ring (bicyclic) bond motifs is 9. The molecule has 0 aliphatic rings. The van der Waals surface area contributed by atoms with Crippen LogP contribution in [0.3, 0.4) is 0 Å². The monoisotopic (exact) mass is 629 g/mol. The highest BCUT2D eigenvalue weighted by molar-refractivity contribution is 7.26. The number of thiophene rings is 1. The third-order valence-corrected chi connectivity index (χ3v) is 10.7. The fourth-order valence-electron chi connectivity index (χ4n) is 7.23. The van der Waals surface area contributed by atoms with E-state index in [2.05, 4.69) is 156 Å². The van der Waals surface area contributed by atoms with Gasteiger partial charge >= 0.3 is 0 Å². The number of hydrogen-bond acceptors (Lipinski definition) is 3. The van der Waals surface area contributed by atoms with Gasteiger partial charge in [-0.3, -0.25) is 4.57 Å². The highest BCUT2D eigenvalue weighted by atomic mass is 32.1. The predicted molar refractivity (Wildman–Crippen MR) is 203 cm³/mol. The molecule has 0 saturated heterocycles. The zero-order valence-corrected chi connectivity index (χ0v) is 26.7. The van der Waals surface area contributed by atoms with Gasteiger partial charge in [-0.05, 0) is 68.9 Å². The Kier molecular flexibility index (Phi) is 6.05. The summed E-state index contributed by atoms with van der Waals surface area (Å²) in [6, 6.07) is 54.2. The van der Waals surface area contributed by atoms with Gasteiger partial charge in [-0.2, -0.15) is 0 Å². The van der Waals surface area contributed by atoms with Gasteiger partial charge in [0.05, 0.1) is 15.7 Å². The smallest absolute Gasteiger partial charge is 0.234 e. The summed E-state index contributed by atoms with van der Waals surface area (Å²) in [5.74, 6) is 0.669. The van der Waals surface area contributed by atoms with Gasteiger partial charge < -0.3 is 0 Å². The van der Waals surface area contributed by atoms with E-state index in [9.17, 15) is 0 Å². The first-order valence-electron chi connectivity index (χ1n) is 16.1. The Bertz CT molecular complexity index is 2760. The van der Waals surface area contributed by atoms with Gasteiger partial charge in [0.25, 0.3) is 0 Å². The van der Waals surface area contributed by atoms with E-state index >= 15 is 0 Å². The number of hydrogen-bond donors (Lipinski definition) is 0. The maximum Gasteiger partial charge on any atom is 0.234 e. The van der Waals surface area contributed by atoms with Gasteiger partial charge in [0, 0.05) is 44.2 Å². The van der Waals surface area contributed by atoms with Crippen LogP contribution in [0.1, 0.15) is 0 Å². The molecule has 0 saturated carbocycles. The first-order chi connectivity index (χ1) is 23.8. The molecule has 7 aromatic carbocycles. The summed E-state index contributed by atoms with van der Waals surface area (Å²) in [5.41, 5.74) is 9.02. The molecule has 0 fully saturated rings. The van der Waals surface area contributed by atoms with Gasteiger partial charge in [-0.1, -0.05) is 121 Å². The van der Waals surface area contributed by atoms with E-state index in [0.717, 1.165) is 33.3 Å². The second-order valence-corrected chi connectivity index (χ2v) is 13.3. The molecule has 0 amide bonds. The second-order valence-electron chi connectivity index (χ2n) is 12.3. The Morgan fingerprint density at radius 3 is 1.73 bits per heavy atom. The molecular formula is C44H27N3S. The average molecular weight is 630 g/mol. The summed E-state index contributed by atoms with van der Waals surface area (Å²) in [7, 11) is 0. The van der Waals surface area contributed by atoms with Crippen molar-refractivity contribution in [2.24, 2.45) is 0 Å². The minimum absolute atomic E-state index is 0.669. The molecule has 10 aromatic rings. The highest BCUT2D eigenvalue weighted by Crippen LogP contribution is 2.44. The summed E-state index contributed by atoms with van der Waals surface area (Å²) in [5, 5.41) is 7.55. The van der Waals surface area contributed by atoms with E-state index in [1.165, 1.54) is 52.8 Å². The Balaban J connectivity index is 1.18. The minimum atomic E-state index is 0.669. The van der Waals surface area contributed by atoms with Crippen molar-refractivity contribution in [3.05, 3.63) is 164 Å². The quantitative estimate of drug-likeness (QED) is 0.194. The second kappa shape index (κ2) is 10.7. The van der Waals surface area contributed by atoms with Gasteiger partial charge in [-0.25, -0.2) is 9.97 Å². The maximum absolute atomic E-state index is 5.07. The molecule has 10 rings (SSSR count). The van der Waals surface area contributed by atoms with Crippen LogP contribution in [0.5, 0.6) is 0 Å². The molecule has 3 aromatic heterocycles. The SMILES string of the molecule is c1ccc(-c2cc(-c3ccccc3)cc(-c3cnc(-n4c5ccccc5c5ccc6c(sc7ccc8ccccc8c76)c54)nc3)c2)cc1. The van der Waals surface area contributed by atoms with E-state index in [0.29, 0.717) is 5.95 Å². The first kappa shape index (κ1) is 27.1. The lowest BCUT2D eigenvalue weighted by Crippen LogP contribution is -2.01. The van der Waals surface area contributed by atoms with Crippen LogP contribution in [0.15, 0.2) is 164 Å². The molecule has 0 N–H and O–H groups in total. The average Bonchev–Trinajstić information content (AvgIpc) is 3.72. The lowest BCUT2D eigenvalue weighted by atomic mass is 9.94. The summed E-state index contributed by atoms with van der Waals surface area (Å²) < 4.78 is 4.80. The van der Waals surface area contributed by atoms with Crippen LogP contribution in [0.25, 0.3) is 92.1 Å². The van der Waals surface area contributed by atoms with E-state index in [1.807, 2.05) is 23.7 Å². The topological polar surface area (TPSA) is 30.7 Å². The van der Waals surface area contributed by atoms with Crippen molar-refractivity contribution in [2.75, 3.05) is 0 Å². The Labute approximate surface area is 281 Å². The summed E-state index contributed by atoms with van der Waals surface area (Å²) in [4.78, 5) is 10.1. The van der Waals surface area contributed by atoms with Crippen molar-refractivity contribution in [3.8, 4) is 39.3 Å². The van der Waals surface area contributed by atoms with Crippen LogP contribution in [0.4, 0.5) is 0 Å². The van der Waals surface area contributed by atoms with Gasteiger partial charge in [-0.15, -0.1) is 11.3 Å². The maximum atomic E-state index is 5.07. The standard InChI is InChI=1S/C44H27N3S/c1-3-11-28(12-4-1)31-23-32(29-13-5-2-6-14-29)25-33(24-31)34-26-45-44(46-27-34)47-39-18-10-9-17-36(39)37-20-21-38-41-35-16-8-7-15-30(35)19-22-40(41)48-43(38)42(37)47/h1-27H. The molecule has 3 heterocycles. The Morgan fingerprint density at radius 2 is 1.02 bits per heavy atom. The third kappa shape index (κ3) is 4.20. The van der Waals surface area contributed by atoms with Crippen LogP contribution in [-0.2, 0) is 0 Å². The minimum Gasteiger partial charge on any atom is -0.276 e. The molecule has 0 radical (unpaired) electrons. The number of nitrogens with zero attached hydrogens (tertiary/aromatic N) is 3. The van der Waals surface area contributed by atoms with E-state index in [4.69, 9.17) is 9.97 Å². The largest absolute Gasteiger partial charge is 0.276 e. The zero-order chi connectivity index (χ0) is 31.6. The number of benzene rings is 7. The Hall–Kier alpha value is -6.10. The van der Waals surface area contributed by atoms with Crippen LogP contribution in [0.2, 0.25) is 0 Å². The molecule has 0 unspecified atom stereocenters.